The third-order valence-electron chi connectivity index (χ3n) is 4.62. The molecule has 0 atom stereocenters. The van der Waals surface area contributed by atoms with Gasteiger partial charge in [0.2, 0.25) is 5.69 Å². The number of fused-ring (bicyclic) bond motifs is 3. The zero-order chi connectivity index (χ0) is 14.5. The van der Waals surface area contributed by atoms with Gasteiger partial charge < -0.3 is 0 Å². The van der Waals surface area contributed by atoms with Crippen molar-refractivity contribution < 1.29 is 4.58 Å². The highest BCUT2D eigenvalue weighted by molar-refractivity contribution is 6.03. The standard InChI is InChI=1S/C19H24N/c1-6-20-16-12-11-14-9-7-8-10-15(14)17(16)19(4,5)18(20)13(2)3/h7-13H,6H2,1-5H3/q+1. The topological polar surface area (TPSA) is 3.01 Å². The van der Waals surface area contributed by atoms with E-state index in [1.165, 1.54) is 22.0 Å². The third kappa shape index (κ3) is 1.65. The van der Waals surface area contributed by atoms with E-state index >= 15 is 0 Å². The van der Waals surface area contributed by atoms with Gasteiger partial charge in [-0.3, -0.25) is 0 Å². The Bertz CT molecular complexity index is 705. The van der Waals surface area contributed by atoms with Gasteiger partial charge >= 0.3 is 0 Å². The Morgan fingerprint density at radius 3 is 2.40 bits per heavy atom. The highest BCUT2D eigenvalue weighted by atomic mass is 15.1. The average molecular weight is 266 g/mol. The Balaban J connectivity index is 2.40. The minimum Gasteiger partial charge on any atom is -0.199 e. The monoisotopic (exact) mass is 266 g/mol. The average Bonchev–Trinajstić information content (AvgIpc) is 2.66. The zero-order valence-electron chi connectivity index (χ0n) is 13.2. The Hall–Kier alpha value is -1.63. The van der Waals surface area contributed by atoms with Crippen LogP contribution in [0.5, 0.6) is 0 Å². The molecule has 0 aliphatic carbocycles. The quantitative estimate of drug-likeness (QED) is 0.681. The first-order chi connectivity index (χ1) is 9.48. The molecule has 1 heteroatoms. The second kappa shape index (κ2) is 4.44. The summed E-state index contributed by atoms with van der Waals surface area (Å²) >= 11 is 0. The molecule has 0 fully saturated rings. The second-order valence-electron chi connectivity index (χ2n) is 6.59. The van der Waals surface area contributed by atoms with Crippen LogP contribution in [0.25, 0.3) is 10.8 Å². The molecule has 0 aromatic heterocycles. The van der Waals surface area contributed by atoms with Crippen LogP contribution in [0.2, 0.25) is 0 Å². The molecule has 0 saturated heterocycles. The van der Waals surface area contributed by atoms with Crippen molar-refractivity contribution in [3.05, 3.63) is 42.0 Å². The second-order valence-corrected chi connectivity index (χ2v) is 6.59. The van der Waals surface area contributed by atoms with Crippen molar-refractivity contribution in [1.82, 2.24) is 0 Å². The fraction of sp³-hybridized carbons (Fsp3) is 0.421. The van der Waals surface area contributed by atoms with Crippen molar-refractivity contribution in [2.45, 2.75) is 40.0 Å². The van der Waals surface area contributed by atoms with Gasteiger partial charge in [0, 0.05) is 17.5 Å². The van der Waals surface area contributed by atoms with Crippen molar-refractivity contribution in [2.75, 3.05) is 6.54 Å². The van der Waals surface area contributed by atoms with Gasteiger partial charge in [0.15, 0.2) is 5.71 Å². The summed E-state index contributed by atoms with van der Waals surface area (Å²) in [7, 11) is 0. The fourth-order valence-corrected chi connectivity index (χ4v) is 4.11. The normalized spacial score (nSPS) is 17.1. The molecule has 0 radical (unpaired) electrons. The van der Waals surface area contributed by atoms with Crippen molar-refractivity contribution >= 4 is 22.2 Å². The summed E-state index contributed by atoms with van der Waals surface area (Å²) in [5.41, 5.74) is 4.56. The van der Waals surface area contributed by atoms with E-state index in [2.05, 4.69) is 75.6 Å². The van der Waals surface area contributed by atoms with Crippen LogP contribution < -0.4 is 0 Å². The van der Waals surface area contributed by atoms with Crippen LogP contribution in [0.15, 0.2) is 36.4 Å². The summed E-state index contributed by atoms with van der Waals surface area (Å²) < 4.78 is 2.52. The smallest absolute Gasteiger partial charge is 0.199 e. The fourth-order valence-electron chi connectivity index (χ4n) is 4.11. The van der Waals surface area contributed by atoms with Crippen molar-refractivity contribution in [1.29, 1.82) is 0 Å². The molecule has 0 bridgehead atoms. The van der Waals surface area contributed by atoms with Crippen LogP contribution in [-0.4, -0.2) is 16.8 Å². The minimum atomic E-state index is 0.111. The third-order valence-corrected chi connectivity index (χ3v) is 4.62. The summed E-state index contributed by atoms with van der Waals surface area (Å²) in [5.74, 6) is 0.566. The SMILES string of the molecule is CC[N+]1=C(C(C)C)C(C)(C)c2c1ccc1ccccc21. The number of hydrogen-bond donors (Lipinski definition) is 0. The van der Waals surface area contributed by atoms with Gasteiger partial charge in [0.1, 0.15) is 6.54 Å². The number of nitrogens with zero attached hydrogens (tertiary/aromatic N) is 1. The van der Waals surface area contributed by atoms with Gasteiger partial charge in [-0.25, -0.2) is 0 Å². The number of hydrogen-bond acceptors (Lipinski definition) is 0. The molecule has 1 nitrogen and oxygen atoms in total. The summed E-state index contributed by atoms with van der Waals surface area (Å²) in [6.07, 6.45) is 0. The van der Waals surface area contributed by atoms with Crippen LogP contribution in [0.3, 0.4) is 0 Å². The highest BCUT2D eigenvalue weighted by Crippen LogP contribution is 2.45. The zero-order valence-corrected chi connectivity index (χ0v) is 13.2. The van der Waals surface area contributed by atoms with Crippen LogP contribution in [0.4, 0.5) is 5.69 Å². The maximum absolute atomic E-state index is 2.52. The molecule has 0 amide bonds. The summed E-state index contributed by atoms with van der Waals surface area (Å²) in [6.45, 7) is 12.7. The molecular weight excluding hydrogens is 242 g/mol. The summed E-state index contributed by atoms with van der Waals surface area (Å²) in [6, 6.07) is 13.3. The molecule has 104 valence electrons. The van der Waals surface area contributed by atoms with Crippen LogP contribution in [-0.2, 0) is 5.41 Å². The summed E-state index contributed by atoms with van der Waals surface area (Å²) in [4.78, 5) is 0. The van der Waals surface area contributed by atoms with Crippen molar-refractivity contribution in [2.24, 2.45) is 5.92 Å². The first-order valence-electron chi connectivity index (χ1n) is 7.65. The molecule has 20 heavy (non-hydrogen) atoms. The van der Waals surface area contributed by atoms with Gasteiger partial charge in [-0.05, 0) is 37.6 Å². The van der Waals surface area contributed by atoms with E-state index in [0.717, 1.165) is 6.54 Å². The molecule has 0 saturated carbocycles. The Kier molecular flexibility index (Phi) is 2.97. The molecule has 0 unspecified atom stereocenters. The van der Waals surface area contributed by atoms with E-state index in [1.807, 2.05) is 0 Å². The molecule has 0 N–H and O–H groups in total. The van der Waals surface area contributed by atoms with Crippen molar-refractivity contribution in [3.8, 4) is 0 Å². The Morgan fingerprint density at radius 2 is 1.75 bits per heavy atom. The van der Waals surface area contributed by atoms with Gasteiger partial charge in [-0.15, -0.1) is 0 Å². The highest BCUT2D eigenvalue weighted by Gasteiger charge is 2.47. The Labute approximate surface area is 121 Å². The minimum absolute atomic E-state index is 0.111. The lowest BCUT2D eigenvalue weighted by Crippen LogP contribution is -2.33. The Morgan fingerprint density at radius 1 is 1.05 bits per heavy atom. The summed E-state index contributed by atoms with van der Waals surface area (Å²) in [5, 5.41) is 2.75. The largest absolute Gasteiger partial charge is 0.210 e. The van der Waals surface area contributed by atoms with E-state index < -0.39 is 0 Å². The van der Waals surface area contributed by atoms with Crippen LogP contribution in [0, 0.1) is 5.92 Å². The molecule has 2 aromatic rings. The lowest BCUT2D eigenvalue weighted by atomic mass is 9.76. The van der Waals surface area contributed by atoms with E-state index in [9.17, 15) is 0 Å². The molecule has 1 aliphatic rings. The van der Waals surface area contributed by atoms with E-state index in [0.29, 0.717) is 5.92 Å². The molecular formula is C19H24N+. The lowest BCUT2D eigenvalue weighted by molar-refractivity contribution is -0.436. The van der Waals surface area contributed by atoms with Gasteiger partial charge in [0.05, 0.1) is 5.41 Å². The number of rotatable bonds is 2. The van der Waals surface area contributed by atoms with Gasteiger partial charge in [-0.1, -0.05) is 38.1 Å². The number of benzene rings is 2. The molecule has 1 heterocycles. The van der Waals surface area contributed by atoms with E-state index in [-0.39, 0.29) is 5.41 Å². The molecule has 2 aromatic carbocycles. The maximum atomic E-state index is 2.52. The van der Waals surface area contributed by atoms with E-state index in [1.54, 1.807) is 5.71 Å². The molecule has 0 spiro atoms. The molecule has 3 rings (SSSR count). The predicted octanol–water partition coefficient (Wildman–Crippen LogP) is 4.89. The van der Waals surface area contributed by atoms with Gasteiger partial charge in [-0.2, -0.15) is 4.58 Å². The van der Waals surface area contributed by atoms with Gasteiger partial charge in [0.25, 0.3) is 0 Å². The first kappa shape index (κ1) is 13.4. The molecule has 1 aliphatic heterocycles. The lowest BCUT2D eigenvalue weighted by Gasteiger charge is -2.21. The maximum Gasteiger partial charge on any atom is 0.210 e. The predicted molar refractivity (Wildman–Crippen MR) is 87.3 cm³/mol. The van der Waals surface area contributed by atoms with Crippen LogP contribution in [0.1, 0.15) is 40.2 Å². The van der Waals surface area contributed by atoms with E-state index in [4.69, 9.17) is 0 Å². The van der Waals surface area contributed by atoms with Crippen LogP contribution >= 0.6 is 0 Å². The first-order valence-corrected chi connectivity index (χ1v) is 7.65. The van der Waals surface area contributed by atoms with Crippen molar-refractivity contribution in [3.63, 3.8) is 0 Å².